The third kappa shape index (κ3) is 2.57. The standard InChI is InChI=1S/C13H18ClNO2/c1-16-13(17-2)7-9-15(10-8-13)12-6-4-3-5-11(12)14/h3-6H,7-10H2,1-2H3. The van der Waals surface area contributed by atoms with Crippen molar-refractivity contribution in [1.29, 1.82) is 0 Å². The number of para-hydroxylation sites is 1. The molecule has 0 N–H and O–H groups in total. The number of methoxy groups -OCH3 is 2. The lowest BCUT2D eigenvalue weighted by Gasteiger charge is -2.40. The molecule has 0 unspecified atom stereocenters. The Hall–Kier alpha value is -0.770. The second-order valence-corrected chi connectivity index (χ2v) is 4.66. The molecular weight excluding hydrogens is 238 g/mol. The molecule has 0 radical (unpaired) electrons. The quantitative estimate of drug-likeness (QED) is 0.776. The molecule has 0 amide bonds. The molecule has 4 heteroatoms. The topological polar surface area (TPSA) is 21.7 Å². The molecule has 1 aromatic rings. The van der Waals surface area contributed by atoms with Crippen molar-refractivity contribution in [3.8, 4) is 0 Å². The van der Waals surface area contributed by atoms with E-state index in [1.807, 2.05) is 18.2 Å². The fourth-order valence-electron chi connectivity index (χ4n) is 2.29. The molecule has 2 rings (SSSR count). The molecule has 1 fully saturated rings. The Morgan fingerprint density at radius 1 is 1.12 bits per heavy atom. The van der Waals surface area contributed by atoms with Gasteiger partial charge in [0, 0.05) is 40.2 Å². The molecule has 0 spiro atoms. The molecule has 0 aromatic heterocycles. The summed E-state index contributed by atoms with van der Waals surface area (Å²) >= 11 is 6.19. The molecule has 1 aromatic carbocycles. The van der Waals surface area contributed by atoms with E-state index in [0.717, 1.165) is 36.6 Å². The average Bonchev–Trinajstić information content (AvgIpc) is 2.40. The van der Waals surface area contributed by atoms with Crippen molar-refractivity contribution in [1.82, 2.24) is 0 Å². The lowest BCUT2D eigenvalue weighted by atomic mass is 10.0. The summed E-state index contributed by atoms with van der Waals surface area (Å²) in [7, 11) is 3.41. The van der Waals surface area contributed by atoms with E-state index in [1.54, 1.807) is 14.2 Å². The highest BCUT2D eigenvalue weighted by Crippen LogP contribution is 2.32. The van der Waals surface area contributed by atoms with Gasteiger partial charge in [-0.25, -0.2) is 0 Å². The first kappa shape index (κ1) is 12.7. The van der Waals surface area contributed by atoms with E-state index in [9.17, 15) is 0 Å². The van der Waals surface area contributed by atoms with E-state index in [4.69, 9.17) is 21.1 Å². The Morgan fingerprint density at radius 3 is 2.24 bits per heavy atom. The molecule has 17 heavy (non-hydrogen) atoms. The number of hydrogen-bond donors (Lipinski definition) is 0. The minimum absolute atomic E-state index is 0.419. The van der Waals surface area contributed by atoms with Crippen LogP contribution in [0.3, 0.4) is 0 Å². The van der Waals surface area contributed by atoms with Gasteiger partial charge in [0.25, 0.3) is 0 Å². The predicted octanol–water partition coefficient (Wildman–Crippen LogP) is 2.93. The Kier molecular flexibility index (Phi) is 3.92. The molecule has 1 heterocycles. The normalized spacial score (nSPS) is 19.4. The van der Waals surface area contributed by atoms with Gasteiger partial charge in [-0.2, -0.15) is 0 Å². The number of nitrogens with zero attached hydrogens (tertiary/aromatic N) is 1. The number of rotatable bonds is 3. The highest BCUT2D eigenvalue weighted by atomic mass is 35.5. The van der Waals surface area contributed by atoms with Gasteiger partial charge in [-0.3, -0.25) is 0 Å². The molecule has 94 valence electrons. The number of piperidine rings is 1. The van der Waals surface area contributed by atoms with Crippen molar-refractivity contribution in [2.75, 3.05) is 32.2 Å². The number of benzene rings is 1. The fourth-order valence-corrected chi connectivity index (χ4v) is 2.54. The first-order chi connectivity index (χ1) is 8.21. The third-order valence-corrected chi connectivity index (χ3v) is 3.78. The van der Waals surface area contributed by atoms with Crippen molar-refractivity contribution in [3.63, 3.8) is 0 Å². The van der Waals surface area contributed by atoms with Crippen LogP contribution >= 0.6 is 11.6 Å². The van der Waals surface area contributed by atoms with Gasteiger partial charge in [-0.1, -0.05) is 23.7 Å². The molecule has 1 aliphatic heterocycles. The third-order valence-electron chi connectivity index (χ3n) is 3.46. The molecule has 0 saturated carbocycles. The second-order valence-electron chi connectivity index (χ2n) is 4.26. The second kappa shape index (κ2) is 5.25. The maximum absolute atomic E-state index is 6.19. The van der Waals surface area contributed by atoms with Crippen LogP contribution in [0, 0.1) is 0 Å². The monoisotopic (exact) mass is 255 g/mol. The average molecular weight is 256 g/mol. The van der Waals surface area contributed by atoms with Crippen LogP contribution in [0.25, 0.3) is 0 Å². The first-order valence-electron chi connectivity index (χ1n) is 5.80. The Labute approximate surface area is 107 Å². The lowest BCUT2D eigenvalue weighted by Crippen LogP contribution is -2.46. The molecule has 1 aliphatic rings. The van der Waals surface area contributed by atoms with Gasteiger partial charge < -0.3 is 14.4 Å². The summed E-state index contributed by atoms with van der Waals surface area (Å²) in [5.74, 6) is -0.419. The van der Waals surface area contributed by atoms with Crippen LogP contribution in [-0.2, 0) is 9.47 Å². The molecular formula is C13H18ClNO2. The Morgan fingerprint density at radius 2 is 1.71 bits per heavy atom. The van der Waals surface area contributed by atoms with Crippen molar-refractivity contribution < 1.29 is 9.47 Å². The highest BCUT2D eigenvalue weighted by molar-refractivity contribution is 6.33. The van der Waals surface area contributed by atoms with Crippen LogP contribution in [0.4, 0.5) is 5.69 Å². The molecule has 1 saturated heterocycles. The summed E-state index contributed by atoms with van der Waals surface area (Å²) in [6.07, 6.45) is 1.70. The smallest absolute Gasteiger partial charge is 0.170 e. The van der Waals surface area contributed by atoms with E-state index >= 15 is 0 Å². The van der Waals surface area contributed by atoms with Crippen molar-refractivity contribution in [3.05, 3.63) is 29.3 Å². The molecule has 0 bridgehead atoms. The molecule has 3 nitrogen and oxygen atoms in total. The van der Waals surface area contributed by atoms with Gasteiger partial charge in [0.1, 0.15) is 0 Å². The zero-order chi connectivity index (χ0) is 12.3. The molecule has 0 atom stereocenters. The highest BCUT2D eigenvalue weighted by Gasteiger charge is 2.34. The van der Waals surface area contributed by atoms with E-state index in [-0.39, 0.29) is 0 Å². The van der Waals surface area contributed by atoms with Crippen LogP contribution in [0.2, 0.25) is 5.02 Å². The molecule has 0 aliphatic carbocycles. The largest absolute Gasteiger partial charge is 0.370 e. The van der Waals surface area contributed by atoms with Gasteiger partial charge in [0.2, 0.25) is 0 Å². The van der Waals surface area contributed by atoms with Crippen molar-refractivity contribution in [2.24, 2.45) is 0 Å². The minimum atomic E-state index is -0.419. The summed E-state index contributed by atoms with van der Waals surface area (Å²) in [5.41, 5.74) is 1.09. The minimum Gasteiger partial charge on any atom is -0.370 e. The first-order valence-corrected chi connectivity index (χ1v) is 6.18. The van der Waals surface area contributed by atoms with Crippen molar-refractivity contribution >= 4 is 17.3 Å². The van der Waals surface area contributed by atoms with E-state index in [2.05, 4.69) is 11.0 Å². The predicted molar refractivity (Wildman–Crippen MR) is 69.6 cm³/mol. The zero-order valence-corrected chi connectivity index (χ0v) is 11.0. The Bertz CT molecular complexity index is 369. The van der Waals surface area contributed by atoms with Crippen molar-refractivity contribution in [2.45, 2.75) is 18.6 Å². The SMILES string of the molecule is COC1(OC)CCN(c2ccccc2Cl)CC1. The van der Waals surface area contributed by atoms with Crippen LogP contribution in [-0.4, -0.2) is 33.1 Å². The van der Waals surface area contributed by atoms with E-state index in [0.29, 0.717) is 0 Å². The van der Waals surface area contributed by atoms with Gasteiger partial charge in [-0.05, 0) is 12.1 Å². The maximum atomic E-state index is 6.19. The van der Waals surface area contributed by atoms with E-state index < -0.39 is 5.79 Å². The van der Waals surface area contributed by atoms with E-state index in [1.165, 1.54) is 0 Å². The van der Waals surface area contributed by atoms with Gasteiger partial charge in [0.15, 0.2) is 5.79 Å². The maximum Gasteiger partial charge on any atom is 0.170 e. The zero-order valence-electron chi connectivity index (χ0n) is 10.3. The number of anilines is 1. The lowest BCUT2D eigenvalue weighted by molar-refractivity contribution is -0.216. The summed E-state index contributed by atoms with van der Waals surface area (Å²) in [6, 6.07) is 7.93. The van der Waals surface area contributed by atoms with Crippen LogP contribution in [0.15, 0.2) is 24.3 Å². The number of ether oxygens (including phenoxy) is 2. The summed E-state index contributed by atoms with van der Waals surface area (Å²) in [4.78, 5) is 2.28. The van der Waals surface area contributed by atoms with Crippen LogP contribution in [0.1, 0.15) is 12.8 Å². The van der Waals surface area contributed by atoms with Gasteiger partial charge in [0.05, 0.1) is 10.7 Å². The summed E-state index contributed by atoms with van der Waals surface area (Å²) in [5, 5.41) is 0.801. The van der Waals surface area contributed by atoms with Crippen LogP contribution in [0.5, 0.6) is 0 Å². The van der Waals surface area contributed by atoms with Gasteiger partial charge >= 0.3 is 0 Å². The summed E-state index contributed by atoms with van der Waals surface area (Å²) in [6.45, 7) is 1.79. The van der Waals surface area contributed by atoms with Crippen LogP contribution < -0.4 is 4.90 Å². The fraction of sp³-hybridized carbons (Fsp3) is 0.538. The van der Waals surface area contributed by atoms with Gasteiger partial charge in [-0.15, -0.1) is 0 Å². The number of hydrogen-bond acceptors (Lipinski definition) is 3. The Balaban J connectivity index is 2.07. The summed E-state index contributed by atoms with van der Waals surface area (Å²) < 4.78 is 10.9. The number of halogens is 1.